The number of nitrogens with zero attached hydrogens (tertiary/aromatic N) is 1. The van der Waals surface area contributed by atoms with Crippen LogP contribution >= 0.6 is 0 Å². The van der Waals surface area contributed by atoms with E-state index in [1.54, 1.807) is 28.4 Å². The van der Waals surface area contributed by atoms with E-state index in [9.17, 15) is 5.11 Å². The second-order valence-electron chi connectivity index (χ2n) is 10.1. The summed E-state index contributed by atoms with van der Waals surface area (Å²) in [7, 11) is 6.45. The summed E-state index contributed by atoms with van der Waals surface area (Å²) in [6.45, 7) is 0.728. The van der Waals surface area contributed by atoms with E-state index in [2.05, 4.69) is 53.4 Å². The Morgan fingerprint density at radius 3 is 1.30 bits per heavy atom. The Hall–Kier alpha value is -3.36. The molecule has 0 spiro atoms. The van der Waals surface area contributed by atoms with Gasteiger partial charge in [0.05, 0.1) is 12.1 Å². The van der Waals surface area contributed by atoms with Gasteiger partial charge in [0.25, 0.3) is 0 Å². The summed E-state index contributed by atoms with van der Waals surface area (Å²) in [5, 5.41) is 12.7. The molecule has 6 nitrogen and oxygen atoms in total. The molecule has 0 aliphatic carbocycles. The Balaban J connectivity index is 1.56. The summed E-state index contributed by atoms with van der Waals surface area (Å²) in [5.74, 6) is 0. The summed E-state index contributed by atoms with van der Waals surface area (Å²) in [5.41, 5.74) is 4.48. The highest BCUT2D eigenvalue weighted by atomic mass is 16.7. The van der Waals surface area contributed by atoms with Crippen LogP contribution in [0, 0.1) is 0 Å². The average Bonchev–Trinajstić information content (AvgIpc) is 3.81. The Labute approximate surface area is 236 Å². The van der Waals surface area contributed by atoms with Crippen LogP contribution in [0.25, 0.3) is 0 Å². The molecule has 40 heavy (non-hydrogen) atoms. The molecule has 1 N–H and O–H groups in total. The van der Waals surface area contributed by atoms with Crippen molar-refractivity contribution in [1.29, 1.82) is 0 Å². The highest BCUT2D eigenvalue weighted by molar-refractivity contribution is 5.44. The van der Waals surface area contributed by atoms with Crippen LogP contribution in [0.5, 0.6) is 0 Å². The lowest BCUT2D eigenvalue weighted by molar-refractivity contribution is -0.106. The fourth-order valence-electron chi connectivity index (χ4n) is 5.73. The molecule has 0 saturated carbocycles. The predicted octanol–water partition coefficient (Wildman–Crippen LogP) is 5.98. The third-order valence-corrected chi connectivity index (χ3v) is 7.80. The summed E-state index contributed by atoms with van der Waals surface area (Å²) in [6.07, 6.45) is -0.946. The zero-order valence-corrected chi connectivity index (χ0v) is 23.4. The number of benzene rings is 4. The van der Waals surface area contributed by atoms with Crippen LogP contribution in [0.15, 0.2) is 109 Å². The Morgan fingerprint density at radius 2 is 0.950 bits per heavy atom. The molecule has 1 saturated heterocycles. The minimum absolute atomic E-state index is 0.00944. The third-order valence-electron chi connectivity index (χ3n) is 7.80. The van der Waals surface area contributed by atoms with Crippen molar-refractivity contribution in [3.63, 3.8) is 0 Å². The molecule has 208 valence electrons. The fourth-order valence-corrected chi connectivity index (χ4v) is 5.73. The first-order valence-corrected chi connectivity index (χ1v) is 13.4. The van der Waals surface area contributed by atoms with Crippen LogP contribution in [0.4, 0.5) is 0 Å². The minimum Gasteiger partial charge on any atom is -0.379 e. The van der Waals surface area contributed by atoms with Crippen LogP contribution in [0.3, 0.4) is 0 Å². The lowest BCUT2D eigenvalue weighted by Crippen LogP contribution is -2.37. The van der Waals surface area contributed by atoms with Gasteiger partial charge in [-0.1, -0.05) is 109 Å². The van der Waals surface area contributed by atoms with E-state index in [1.807, 2.05) is 60.7 Å². The maximum atomic E-state index is 12.7. The smallest absolute Gasteiger partial charge is 0.183 e. The zero-order chi connectivity index (χ0) is 28.1. The molecule has 0 amide bonds. The molecular formula is C34H37NO5. The largest absolute Gasteiger partial charge is 0.379 e. The second kappa shape index (κ2) is 12.4. The fraction of sp³-hybridized carbons (Fsp3) is 0.294. The third kappa shape index (κ3) is 5.47. The molecule has 1 heterocycles. The van der Waals surface area contributed by atoms with Crippen molar-refractivity contribution < 1.29 is 24.1 Å². The second-order valence-corrected chi connectivity index (χ2v) is 10.1. The summed E-state index contributed by atoms with van der Waals surface area (Å²) in [6, 6.07) is 36.5. The van der Waals surface area contributed by atoms with Gasteiger partial charge in [0.15, 0.2) is 12.6 Å². The van der Waals surface area contributed by atoms with Crippen molar-refractivity contribution >= 4 is 0 Å². The van der Waals surface area contributed by atoms with Gasteiger partial charge in [0.2, 0.25) is 0 Å². The molecule has 0 bridgehead atoms. The van der Waals surface area contributed by atoms with E-state index in [0.29, 0.717) is 0 Å². The number of aliphatic hydroxyl groups is 1. The van der Waals surface area contributed by atoms with Crippen molar-refractivity contribution in [3.05, 3.63) is 143 Å². The van der Waals surface area contributed by atoms with Crippen LogP contribution in [-0.2, 0) is 24.5 Å². The lowest BCUT2D eigenvalue weighted by Gasteiger charge is -2.32. The quantitative estimate of drug-likeness (QED) is 0.177. The van der Waals surface area contributed by atoms with Crippen LogP contribution in [0.1, 0.15) is 52.0 Å². The molecule has 1 aliphatic heterocycles. The summed E-state index contributed by atoms with van der Waals surface area (Å²) < 4.78 is 21.8. The number of hydrogen-bond acceptors (Lipinski definition) is 6. The van der Waals surface area contributed by atoms with Gasteiger partial charge in [0, 0.05) is 46.1 Å². The summed E-state index contributed by atoms with van der Waals surface area (Å²) in [4.78, 5) is 2.37. The number of methoxy groups -OCH3 is 4. The molecule has 4 aromatic rings. The van der Waals surface area contributed by atoms with Crippen molar-refractivity contribution in [3.8, 4) is 0 Å². The van der Waals surface area contributed by atoms with Gasteiger partial charge in [-0.3, -0.25) is 4.90 Å². The van der Waals surface area contributed by atoms with E-state index in [-0.39, 0.29) is 12.1 Å². The molecule has 2 atom stereocenters. The highest BCUT2D eigenvalue weighted by Crippen LogP contribution is 2.48. The first-order valence-electron chi connectivity index (χ1n) is 13.4. The van der Waals surface area contributed by atoms with E-state index < -0.39 is 18.2 Å². The van der Waals surface area contributed by atoms with E-state index >= 15 is 0 Å². The van der Waals surface area contributed by atoms with Gasteiger partial charge >= 0.3 is 0 Å². The molecule has 0 aromatic heterocycles. The van der Waals surface area contributed by atoms with Crippen molar-refractivity contribution in [2.45, 2.75) is 30.3 Å². The summed E-state index contributed by atoms with van der Waals surface area (Å²) >= 11 is 0. The number of rotatable bonds is 12. The van der Waals surface area contributed by atoms with Gasteiger partial charge in [-0.05, 0) is 22.3 Å². The van der Waals surface area contributed by atoms with Gasteiger partial charge in [-0.25, -0.2) is 0 Å². The Kier molecular flexibility index (Phi) is 8.76. The van der Waals surface area contributed by atoms with Crippen molar-refractivity contribution in [1.82, 2.24) is 4.90 Å². The van der Waals surface area contributed by atoms with E-state index in [4.69, 9.17) is 18.9 Å². The molecule has 5 rings (SSSR count). The van der Waals surface area contributed by atoms with Gasteiger partial charge in [0.1, 0.15) is 5.60 Å². The van der Waals surface area contributed by atoms with E-state index in [1.165, 1.54) is 11.1 Å². The monoisotopic (exact) mass is 539 g/mol. The molecule has 6 heteroatoms. The number of ether oxygens (including phenoxy) is 4. The minimum atomic E-state index is -1.27. The van der Waals surface area contributed by atoms with Crippen LogP contribution in [0.2, 0.25) is 0 Å². The first-order chi connectivity index (χ1) is 19.5. The lowest BCUT2D eigenvalue weighted by atomic mass is 9.82. The average molecular weight is 540 g/mol. The van der Waals surface area contributed by atoms with Gasteiger partial charge in [-0.15, -0.1) is 0 Å². The predicted molar refractivity (Wildman–Crippen MR) is 155 cm³/mol. The topological polar surface area (TPSA) is 60.2 Å². The Morgan fingerprint density at radius 1 is 0.575 bits per heavy atom. The van der Waals surface area contributed by atoms with Crippen molar-refractivity contribution in [2.75, 3.05) is 35.0 Å². The molecule has 4 aromatic carbocycles. The zero-order valence-electron chi connectivity index (χ0n) is 23.4. The van der Waals surface area contributed by atoms with Crippen molar-refractivity contribution in [2.24, 2.45) is 0 Å². The van der Waals surface area contributed by atoms with Crippen LogP contribution in [-0.4, -0.2) is 51.0 Å². The standard InChI is InChI=1S/C34H37NO5/c1-37-32(38-2)26-15-19-28(20-16-26)34(36,29-21-17-27(18-22-29)33(39-3)40-4)30-23-35(30)31(24-11-7-5-8-12-24)25-13-9-6-10-14-25/h5-22,30-33,36H,23H2,1-4H3/t30-,35?/m0/s1. The first kappa shape index (κ1) is 28.2. The maximum Gasteiger partial charge on any atom is 0.183 e. The maximum absolute atomic E-state index is 12.7. The van der Waals surface area contributed by atoms with Gasteiger partial charge in [-0.2, -0.15) is 0 Å². The normalized spacial score (nSPS) is 17.1. The van der Waals surface area contributed by atoms with Gasteiger partial charge < -0.3 is 24.1 Å². The molecular weight excluding hydrogens is 502 g/mol. The Bertz CT molecular complexity index is 1240. The number of hydrogen-bond donors (Lipinski definition) is 1. The van der Waals surface area contributed by atoms with Crippen LogP contribution < -0.4 is 0 Å². The molecule has 1 aliphatic rings. The SMILES string of the molecule is COC(OC)c1ccc(C(O)(c2ccc(C(OC)OC)cc2)[C@@H]2CN2C(c2ccccc2)c2ccccc2)cc1. The molecule has 1 fully saturated rings. The molecule has 1 unspecified atom stereocenters. The van der Waals surface area contributed by atoms with E-state index in [0.717, 1.165) is 28.8 Å². The molecule has 0 radical (unpaired) electrons. The highest BCUT2D eigenvalue weighted by Gasteiger charge is 2.55.